The van der Waals surface area contributed by atoms with Crippen molar-refractivity contribution in [2.24, 2.45) is 5.92 Å². The van der Waals surface area contributed by atoms with Crippen LogP contribution in [0.3, 0.4) is 0 Å². The van der Waals surface area contributed by atoms with Gasteiger partial charge >= 0.3 is 0 Å². The molecule has 2 aromatic carbocycles. The van der Waals surface area contributed by atoms with E-state index in [1.54, 1.807) is 6.07 Å². The van der Waals surface area contributed by atoms with Crippen LogP contribution in [0.1, 0.15) is 11.1 Å². The molecular formula is C18H19ClN2O2. The maximum absolute atomic E-state index is 12.3. The van der Waals surface area contributed by atoms with Crippen LogP contribution in [0.2, 0.25) is 5.02 Å². The van der Waals surface area contributed by atoms with Crippen LogP contribution in [0, 0.1) is 5.92 Å². The highest BCUT2D eigenvalue weighted by Gasteiger charge is 2.25. The second-order valence-electron chi connectivity index (χ2n) is 5.75. The van der Waals surface area contributed by atoms with Crippen molar-refractivity contribution < 1.29 is 9.53 Å². The number of carbonyl (C=O) groups is 1. The summed E-state index contributed by atoms with van der Waals surface area (Å²) < 4.78 is 5.66. The smallest absolute Gasteiger partial charge is 0.226 e. The summed E-state index contributed by atoms with van der Waals surface area (Å²) in [5.74, 6) is 0.666. The van der Waals surface area contributed by atoms with Crippen molar-refractivity contribution in [2.45, 2.75) is 12.8 Å². The van der Waals surface area contributed by atoms with E-state index in [1.165, 1.54) is 0 Å². The third-order valence-corrected chi connectivity index (χ3v) is 4.23. The van der Waals surface area contributed by atoms with Crippen LogP contribution in [0.4, 0.5) is 5.69 Å². The van der Waals surface area contributed by atoms with E-state index in [2.05, 4.69) is 5.32 Å². The molecule has 1 aliphatic rings. The van der Waals surface area contributed by atoms with Crippen molar-refractivity contribution in [1.29, 1.82) is 0 Å². The van der Waals surface area contributed by atoms with Gasteiger partial charge in [0.1, 0.15) is 12.4 Å². The molecule has 1 amide bonds. The summed E-state index contributed by atoms with van der Waals surface area (Å²) in [7, 11) is 0. The summed E-state index contributed by atoms with van der Waals surface area (Å²) >= 11 is 6.00. The van der Waals surface area contributed by atoms with Gasteiger partial charge in [-0.1, -0.05) is 23.7 Å². The van der Waals surface area contributed by atoms with Gasteiger partial charge in [0, 0.05) is 17.3 Å². The first-order valence-corrected chi connectivity index (χ1v) is 8.03. The molecule has 120 valence electrons. The van der Waals surface area contributed by atoms with Gasteiger partial charge in [0.2, 0.25) is 5.91 Å². The number of rotatable bonds is 4. The number of nitrogen functional groups attached to an aromatic ring is 1. The normalized spacial score (nSPS) is 16.3. The van der Waals surface area contributed by atoms with Gasteiger partial charge in [-0.05, 0) is 54.3 Å². The predicted molar refractivity (Wildman–Crippen MR) is 91.7 cm³/mol. The average molecular weight is 331 g/mol. The Balaban J connectivity index is 1.52. The van der Waals surface area contributed by atoms with Crippen LogP contribution in [0.15, 0.2) is 42.5 Å². The first kappa shape index (κ1) is 15.7. The number of anilines is 1. The van der Waals surface area contributed by atoms with Crippen LogP contribution in [-0.4, -0.2) is 19.1 Å². The molecule has 3 rings (SSSR count). The largest absolute Gasteiger partial charge is 0.492 e. The van der Waals surface area contributed by atoms with Crippen molar-refractivity contribution in [1.82, 2.24) is 5.32 Å². The highest BCUT2D eigenvalue weighted by atomic mass is 35.5. The molecule has 2 aromatic rings. The molecule has 0 radical (unpaired) electrons. The third kappa shape index (κ3) is 3.96. The number of carbonyl (C=O) groups excluding carboxylic acids is 1. The molecule has 0 bridgehead atoms. The van der Waals surface area contributed by atoms with Crippen LogP contribution in [0.5, 0.6) is 5.75 Å². The van der Waals surface area contributed by atoms with Crippen molar-refractivity contribution in [3.63, 3.8) is 0 Å². The Morgan fingerprint density at radius 1 is 1.26 bits per heavy atom. The van der Waals surface area contributed by atoms with Crippen LogP contribution in [-0.2, 0) is 17.6 Å². The van der Waals surface area contributed by atoms with Crippen molar-refractivity contribution in [2.75, 3.05) is 18.9 Å². The third-order valence-electron chi connectivity index (χ3n) is 3.99. The molecule has 0 aromatic heterocycles. The number of nitrogens with two attached hydrogens (primary N) is 1. The molecule has 1 heterocycles. The number of nitrogens with one attached hydrogen (secondary N) is 1. The van der Waals surface area contributed by atoms with E-state index in [1.807, 2.05) is 36.4 Å². The topological polar surface area (TPSA) is 64.3 Å². The van der Waals surface area contributed by atoms with E-state index >= 15 is 0 Å². The lowest BCUT2D eigenvalue weighted by Crippen LogP contribution is -2.38. The summed E-state index contributed by atoms with van der Waals surface area (Å²) in [6.07, 6.45) is 1.44. The zero-order valence-corrected chi connectivity index (χ0v) is 13.5. The van der Waals surface area contributed by atoms with E-state index < -0.39 is 0 Å². The van der Waals surface area contributed by atoms with E-state index in [0.29, 0.717) is 24.6 Å². The maximum atomic E-state index is 12.3. The number of amides is 1. The quantitative estimate of drug-likeness (QED) is 0.847. The molecule has 1 unspecified atom stereocenters. The number of hydrogen-bond donors (Lipinski definition) is 2. The lowest BCUT2D eigenvalue weighted by molar-refractivity contribution is -0.126. The highest BCUT2D eigenvalue weighted by molar-refractivity contribution is 6.30. The van der Waals surface area contributed by atoms with Crippen LogP contribution >= 0.6 is 11.6 Å². The Hall–Kier alpha value is -2.20. The molecule has 4 nitrogen and oxygen atoms in total. The van der Waals surface area contributed by atoms with E-state index in [9.17, 15) is 4.79 Å². The van der Waals surface area contributed by atoms with E-state index in [-0.39, 0.29) is 11.8 Å². The molecule has 0 spiro atoms. The minimum Gasteiger partial charge on any atom is -0.492 e. The Morgan fingerprint density at radius 3 is 2.83 bits per heavy atom. The number of fused-ring (bicyclic) bond motifs is 1. The molecule has 0 saturated heterocycles. The van der Waals surface area contributed by atoms with Gasteiger partial charge in [0.05, 0.1) is 5.92 Å². The van der Waals surface area contributed by atoms with Gasteiger partial charge in [0.15, 0.2) is 0 Å². The zero-order valence-electron chi connectivity index (χ0n) is 12.7. The van der Waals surface area contributed by atoms with Gasteiger partial charge in [-0.25, -0.2) is 0 Å². The number of benzene rings is 2. The van der Waals surface area contributed by atoms with E-state index in [4.69, 9.17) is 22.1 Å². The fourth-order valence-electron chi connectivity index (χ4n) is 2.69. The summed E-state index contributed by atoms with van der Waals surface area (Å²) in [4.78, 5) is 12.3. The SMILES string of the molecule is Nc1ccc(CCNC(=O)C2COc3ccc(Cl)cc3C2)cc1. The Morgan fingerprint density at radius 2 is 2.04 bits per heavy atom. The maximum Gasteiger partial charge on any atom is 0.226 e. The van der Waals surface area contributed by atoms with Crippen molar-refractivity contribution in [3.05, 3.63) is 58.6 Å². The molecule has 23 heavy (non-hydrogen) atoms. The van der Waals surface area contributed by atoms with Crippen LogP contribution < -0.4 is 15.8 Å². The molecular weight excluding hydrogens is 312 g/mol. The standard InChI is InChI=1S/C18H19ClN2O2/c19-15-3-6-17-13(10-15)9-14(11-23-17)18(22)21-8-7-12-1-4-16(20)5-2-12/h1-6,10,14H,7-9,11,20H2,(H,21,22). The molecule has 1 aliphatic heterocycles. The number of ether oxygens (including phenoxy) is 1. The second kappa shape index (κ2) is 6.92. The summed E-state index contributed by atoms with van der Waals surface area (Å²) in [6.45, 7) is 1.00. The van der Waals surface area contributed by atoms with Gasteiger partial charge in [-0.2, -0.15) is 0 Å². The second-order valence-corrected chi connectivity index (χ2v) is 6.18. The Bertz CT molecular complexity index is 701. The molecule has 0 saturated carbocycles. The lowest BCUT2D eigenvalue weighted by Gasteiger charge is -2.24. The molecule has 1 atom stereocenters. The average Bonchev–Trinajstić information content (AvgIpc) is 2.56. The van der Waals surface area contributed by atoms with Gasteiger partial charge in [-0.15, -0.1) is 0 Å². The highest BCUT2D eigenvalue weighted by Crippen LogP contribution is 2.29. The van der Waals surface area contributed by atoms with Gasteiger partial charge < -0.3 is 15.8 Å². The first-order valence-electron chi connectivity index (χ1n) is 7.65. The molecule has 3 N–H and O–H groups in total. The Labute approximate surface area is 140 Å². The molecule has 5 heteroatoms. The minimum absolute atomic E-state index is 0.0195. The Kier molecular flexibility index (Phi) is 4.72. The summed E-state index contributed by atoms with van der Waals surface area (Å²) in [6, 6.07) is 13.2. The first-order chi connectivity index (χ1) is 11.1. The van der Waals surface area contributed by atoms with Gasteiger partial charge in [0.25, 0.3) is 0 Å². The molecule has 0 fully saturated rings. The van der Waals surface area contributed by atoms with E-state index in [0.717, 1.165) is 29.0 Å². The van der Waals surface area contributed by atoms with Gasteiger partial charge in [-0.3, -0.25) is 4.79 Å². The minimum atomic E-state index is -0.174. The fraction of sp³-hybridized carbons (Fsp3) is 0.278. The van der Waals surface area contributed by atoms with Crippen molar-refractivity contribution >= 4 is 23.2 Å². The van der Waals surface area contributed by atoms with Crippen LogP contribution in [0.25, 0.3) is 0 Å². The van der Waals surface area contributed by atoms with Crippen molar-refractivity contribution in [3.8, 4) is 5.75 Å². The monoisotopic (exact) mass is 330 g/mol. The predicted octanol–water partition coefficient (Wildman–Crippen LogP) is 2.83. The lowest BCUT2D eigenvalue weighted by atomic mass is 9.96. The zero-order chi connectivity index (χ0) is 16.2. The fourth-order valence-corrected chi connectivity index (χ4v) is 2.88. The summed E-state index contributed by atoms with van der Waals surface area (Å²) in [5.41, 5.74) is 8.54. The molecule has 0 aliphatic carbocycles. The number of halogens is 1. The number of hydrogen-bond acceptors (Lipinski definition) is 3. The summed E-state index contributed by atoms with van der Waals surface area (Å²) in [5, 5.41) is 3.64.